The number of hydrogen-bond donors (Lipinski definition) is 1. The zero-order valence-corrected chi connectivity index (χ0v) is 7.67. The largest absolute Gasteiger partial charge is 0.416 e. The molecule has 0 radical (unpaired) electrons. The highest BCUT2D eigenvalue weighted by Crippen LogP contribution is 2.29. The summed E-state index contributed by atoms with van der Waals surface area (Å²) in [5.41, 5.74) is 0.115. The maximum Gasteiger partial charge on any atom is 0.416 e. The predicted octanol–water partition coefficient (Wildman–Crippen LogP) is 2.01. The fourth-order valence-electron chi connectivity index (χ4n) is 1.09. The van der Waals surface area contributed by atoms with Crippen molar-refractivity contribution in [3.05, 3.63) is 35.4 Å². The first-order chi connectivity index (χ1) is 6.39. The van der Waals surface area contributed by atoms with Crippen LogP contribution < -0.4 is 5.84 Å². The molecule has 0 heterocycles. The molecule has 0 saturated carbocycles. The number of hydrazine groups is 1. The van der Waals surface area contributed by atoms with Crippen molar-refractivity contribution in [3.63, 3.8) is 0 Å². The molecule has 2 nitrogen and oxygen atoms in total. The van der Waals surface area contributed by atoms with Crippen molar-refractivity contribution in [3.8, 4) is 0 Å². The zero-order chi connectivity index (χ0) is 10.8. The molecular weight excluding hydrogens is 193 g/mol. The molecule has 1 aromatic carbocycles. The molecule has 0 spiro atoms. The first-order valence-corrected chi connectivity index (χ1v) is 4.01. The van der Waals surface area contributed by atoms with E-state index in [-0.39, 0.29) is 0 Å². The number of halogens is 3. The average molecular weight is 204 g/mol. The van der Waals surface area contributed by atoms with E-state index in [1.807, 2.05) is 0 Å². The number of benzene rings is 1. The molecule has 0 bridgehead atoms. The second kappa shape index (κ2) is 3.98. The van der Waals surface area contributed by atoms with Crippen molar-refractivity contribution in [2.24, 2.45) is 5.84 Å². The van der Waals surface area contributed by atoms with Crippen molar-refractivity contribution < 1.29 is 13.2 Å². The lowest BCUT2D eigenvalue weighted by Crippen LogP contribution is -2.25. The molecule has 0 unspecified atom stereocenters. The molecule has 0 atom stereocenters. The Balaban J connectivity index is 2.79. The molecule has 0 aliphatic heterocycles. The van der Waals surface area contributed by atoms with Crippen LogP contribution >= 0.6 is 0 Å². The fourth-order valence-corrected chi connectivity index (χ4v) is 1.09. The summed E-state index contributed by atoms with van der Waals surface area (Å²) in [6, 6.07) is 4.95. The predicted molar refractivity (Wildman–Crippen MR) is 47.1 cm³/mol. The summed E-state index contributed by atoms with van der Waals surface area (Å²) in [4.78, 5) is 0. The van der Waals surface area contributed by atoms with Crippen LogP contribution in [0.5, 0.6) is 0 Å². The second-order valence-electron chi connectivity index (χ2n) is 3.11. The van der Waals surface area contributed by atoms with Crippen LogP contribution in [0.3, 0.4) is 0 Å². The molecule has 1 rings (SSSR count). The number of nitrogens with two attached hydrogens (primary N) is 1. The van der Waals surface area contributed by atoms with Gasteiger partial charge in [0.2, 0.25) is 0 Å². The highest BCUT2D eigenvalue weighted by molar-refractivity contribution is 5.24. The molecule has 0 aliphatic rings. The van der Waals surface area contributed by atoms with Gasteiger partial charge in [-0.3, -0.25) is 5.84 Å². The van der Waals surface area contributed by atoms with Gasteiger partial charge in [0.25, 0.3) is 0 Å². The van der Waals surface area contributed by atoms with Crippen LogP contribution in [0.15, 0.2) is 24.3 Å². The monoisotopic (exact) mass is 204 g/mol. The van der Waals surface area contributed by atoms with Crippen LogP contribution in [-0.4, -0.2) is 12.1 Å². The van der Waals surface area contributed by atoms with E-state index < -0.39 is 11.7 Å². The van der Waals surface area contributed by atoms with Gasteiger partial charge in [-0.25, -0.2) is 5.01 Å². The second-order valence-corrected chi connectivity index (χ2v) is 3.11. The van der Waals surface area contributed by atoms with Gasteiger partial charge in [-0.2, -0.15) is 13.2 Å². The lowest BCUT2D eigenvalue weighted by Gasteiger charge is -2.11. The van der Waals surface area contributed by atoms with Crippen LogP contribution in [-0.2, 0) is 12.7 Å². The normalized spacial score (nSPS) is 12.1. The molecule has 0 amide bonds. The van der Waals surface area contributed by atoms with E-state index >= 15 is 0 Å². The van der Waals surface area contributed by atoms with Gasteiger partial charge in [0.15, 0.2) is 0 Å². The molecule has 1 aromatic rings. The smallest absolute Gasteiger partial charge is 0.269 e. The molecule has 5 heteroatoms. The summed E-state index contributed by atoms with van der Waals surface area (Å²) in [6.07, 6.45) is -4.27. The van der Waals surface area contributed by atoms with E-state index in [9.17, 15) is 13.2 Å². The van der Waals surface area contributed by atoms with Gasteiger partial charge in [-0.1, -0.05) is 12.1 Å². The summed E-state index contributed by atoms with van der Waals surface area (Å²) in [5.74, 6) is 5.36. The van der Waals surface area contributed by atoms with Crippen LogP contribution in [0, 0.1) is 0 Å². The molecule has 2 N–H and O–H groups in total. The van der Waals surface area contributed by atoms with Gasteiger partial charge >= 0.3 is 6.18 Å². The van der Waals surface area contributed by atoms with Crippen LogP contribution in [0.1, 0.15) is 11.1 Å². The van der Waals surface area contributed by atoms with Crippen molar-refractivity contribution >= 4 is 0 Å². The van der Waals surface area contributed by atoms with E-state index in [4.69, 9.17) is 5.84 Å². The van der Waals surface area contributed by atoms with Gasteiger partial charge in [-0.05, 0) is 17.7 Å². The standard InChI is InChI=1S/C9H11F3N2/c1-14(13)6-7-2-4-8(5-3-7)9(10,11)12/h2-5H,6,13H2,1H3. The van der Waals surface area contributed by atoms with E-state index in [2.05, 4.69) is 0 Å². The molecule has 0 saturated heterocycles. The SMILES string of the molecule is CN(N)Cc1ccc(C(F)(F)F)cc1. The Hall–Kier alpha value is -1.07. The summed E-state index contributed by atoms with van der Waals surface area (Å²) in [7, 11) is 1.65. The van der Waals surface area contributed by atoms with E-state index in [0.29, 0.717) is 6.54 Å². The maximum absolute atomic E-state index is 12.1. The fraction of sp³-hybridized carbons (Fsp3) is 0.333. The minimum Gasteiger partial charge on any atom is -0.269 e. The molecule has 0 fully saturated rings. The third kappa shape index (κ3) is 3.01. The first-order valence-electron chi connectivity index (χ1n) is 4.01. The van der Waals surface area contributed by atoms with Gasteiger partial charge in [0.1, 0.15) is 0 Å². The first kappa shape index (κ1) is 11.0. The highest BCUT2D eigenvalue weighted by Gasteiger charge is 2.29. The number of rotatable bonds is 2. The Morgan fingerprint density at radius 2 is 1.71 bits per heavy atom. The van der Waals surface area contributed by atoms with Crippen molar-refractivity contribution in [2.45, 2.75) is 12.7 Å². The van der Waals surface area contributed by atoms with E-state index in [0.717, 1.165) is 17.7 Å². The van der Waals surface area contributed by atoms with Crippen molar-refractivity contribution in [1.82, 2.24) is 5.01 Å². The van der Waals surface area contributed by atoms with Crippen LogP contribution in [0.2, 0.25) is 0 Å². The lowest BCUT2D eigenvalue weighted by molar-refractivity contribution is -0.137. The number of hydrogen-bond acceptors (Lipinski definition) is 2. The summed E-state index contributed by atoms with van der Waals surface area (Å²) in [5, 5.41) is 1.41. The van der Waals surface area contributed by atoms with Gasteiger partial charge in [0, 0.05) is 13.6 Å². The van der Waals surface area contributed by atoms with Crippen LogP contribution in [0.4, 0.5) is 13.2 Å². The quantitative estimate of drug-likeness (QED) is 0.589. The lowest BCUT2D eigenvalue weighted by atomic mass is 10.1. The van der Waals surface area contributed by atoms with Crippen LogP contribution in [0.25, 0.3) is 0 Å². The van der Waals surface area contributed by atoms with E-state index in [1.54, 1.807) is 7.05 Å². The third-order valence-corrected chi connectivity index (χ3v) is 1.71. The van der Waals surface area contributed by atoms with Crippen molar-refractivity contribution in [2.75, 3.05) is 7.05 Å². The minimum absolute atomic E-state index is 0.429. The summed E-state index contributed by atoms with van der Waals surface area (Å²) < 4.78 is 36.4. The third-order valence-electron chi connectivity index (χ3n) is 1.71. The number of alkyl halides is 3. The van der Waals surface area contributed by atoms with Gasteiger partial charge in [0.05, 0.1) is 5.56 Å². The van der Waals surface area contributed by atoms with Gasteiger partial charge in [-0.15, -0.1) is 0 Å². The van der Waals surface area contributed by atoms with Gasteiger partial charge < -0.3 is 0 Å². The Morgan fingerprint density at radius 1 is 1.21 bits per heavy atom. The molecular formula is C9H11F3N2. The average Bonchev–Trinajstić information content (AvgIpc) is 2.02. The van der Waals surface area contributed by atoms with E-state index in [1.165, 1.54) is 17.1 Å². The molecule has 78 valence electrons. The Labute approximate surface area is 80.1 Å². The number of nitrogens with zero attached hydrogens (tertiary/aromatic N) is 1. The molecule has 0 aliphatic carbocycles. The Bertz CT molecular complexity index is 290. The summed E-state index contributed by atoms with van der Waals surface area (Å²) in [6.45, 7) is 0.429. The highest BCUT2D eigenvalue weighted by atomic mass is 19.4. The van der Waals surface area contributed by atoms with Crippen molar-refractivity contribution in [1.29, 1.82) is 0 Å². The minimum atomic E-state index is -4.27. The maximum atomic E-state index is 12.1. The summed E-state index contributed by atoms with van der Waals surface area (Å²) >= 11 is 0. The zero-order valence-electron chi connectivity index (χ0n) is 7.67. The molecule has 0 aromatic heterocycles. The molecule has 14 heavy (non-hydrogen) atoms. The topological polar surface area (TPSA) is 29.3 Å². The Kier molecular flexibility index (Phi) is 3.13. The Morgan fingerprint density at radius 3 is 2.07 bits per heavy atom.